The summed E-state index contributed by atoms with van der Waals surface area (Å²) in [6.07, 6.45) is 0.558. The molecule has 7 heteroatoms. The first-order chi connectivity index (χ1) is 15.9. The lowest BCUT2D eigenvalue weighted by molar-refractivity contribution is -0.138. The van der Waals surface area contributed by atoms with E-state index in [4.69, 9.17) is 9.15 Å². The second-order valence-electron chi connectivity index (χ2n) is 7.59. The number of carbonyl (C=O) groups is 2. The van der Waals surface area contributed by atoms with Gasteiger partial charge in [0.1, 0.15) is 6.10 Å². The third-order valence-electron chi connectivity index (χ3n) is 5.31. The van der Waals surface area contributed by atoms with Crippen molar-refractivity contribution in [1.82, 2.24) is 0 Å². The number of nitrogens with one attached hydrogen (secondary N) is 1. The summed E-state index contributed by atoms with van der Waals surface area (Å²) >= 11 is 1.46. The van der Waals surface area contributed by atoms with E-state index in [2.05, 4.69) is 5.32 Å². The summed E-state index contributed by atoms with van der Waals surface area (Å²) < 4.78 is 11.1. The van der Waals surface area contributed by atoms with Crippen molar-refractivity contribution in [2.24, 2.45) is 0 Å². The van der Waals surface area contributed by atoms with Gasteiger partial charge in [0.05, 0.1) is 17.9 Å². The number of furan rings is 1. The molecule has 4 rings (SSSR count). The van der Waals surface area contributed by atoms with Gasteiger partial charge in [0.25, 0.3) is 0 Å². The maximum atomic E-state index is 12.4. The zero-order valence-corrected chi connectivity index (χ0v) is 19.0. The summed E-state index contributed by atoms with van der Waals surface area (Å²) in [7, 11) is 0. The van der Waals surface area contributed by atoms with Crippen molar-refractivity contribution in [1.29, 1.82) is 0 Å². The van der Waals surface area contributed by atoms with E-state index in [9.17, 15) is 14.7 Å². The number of hydrogen-bond donors (Lipinski definition) is 2. The number of thiophene rings is 1. The first-order valence-corrected chi connectivity index (χ1v) is 11.3. The Kier molecular flexibility index (Phi) is 6.60. The third-order valence-corrected chi connectivity index (χ3v) is 6.63. The van der Waals surface area contributed by atoms with Crippen LogP contribution in [0.1, 0.15) is 36.3 Å². The highest BCUT2D eigenvalue weighted by Gasteiger charge is 2.18. The monoisotopic (exact) mass is 461 g/mol. The van der Waals surface area contributed by atoms with E-state index in [0.29, 0.717) is 11.4 Å². The summed E-state index contributed by atoms with van der Waals surface area (Å²) in [6, 6.07) is 22.7. The fourth-order valence-electron chi connectivity index (χ4n) is 3.37. The lowest BCUT2D eigenvalue weighted by Crippen LogP contribution is -2.16. The van der Waals surface area contributed by atoms with Crippen LogP contribution in [0.15, 0.2) is 83.5 Å². The SMILES string of the molecule is CC(C(=O)O)c1ccc(-c2ccc(-c3occc3NC(=O)O[C@H](C)c3ccccc3)cc2)s1. The smallest absolute Gasteiger partial charge is 0.412 e. The molecule has 2 heterocycles. The minimum absolute atomic E-state index is 0.389. The van der Waals surface area contributed by atoms with Gasteiger partial charge in [0.2, 0.25) is 0 Å². The number of anilines is 1. The second kappa shape index (κ2) is 9.75. The fourth-order valence-corrected chi connectivity index (χ4v) is 4.43. The van der Waals surface area contributed by atoms with E-state index in [1.807, 2.05) is 73.7 Å². The number of amides is 1. The Bertz CT molecular complexity index is 1240. The number of carboxylic acids is 1. The Labute approximate surface area is 195 Å². The molecule has 0 fully saturated rings. The van der Waals surface area contributed by atoms with Crippen LogP contribution in [0.2, 0.25) is 0 Å². The molecule has 2 aromatic carbocycles. The molecular weight excluding hydrogens is 438 g/mol. The van der Waals surface area contributed by atoms with Gasteiger partial charge in [-0.05, 0) is 37.1 Å². The van der Waals surface area contributed by atoms with Crippen molar-refractivity contribution in [2.75, 3.05) is 5.32 Å². The molecule has 2 atom stereocenters. The summed E-state index contributed by atoms with van der Waals surface area (Å²) in [6.45, 7) is 3.50. The normalized spacial score (nSPS) is 12.7. The first kappa shape index (κ1) is 22.4. The van der Waals surface area contributed by atoms with Crippen LogP contribution in [0.5, 0.6) is 0 Å². The number of hydrogen-bond acceptors (Lipinski definition) is 5. The summed E-state index contributed by atoms with van der Waals surface area (Å²) in [5.74, 6) is -0.852. The van der Waals surface area contributed by atoms with Crippen molar-refractivity contribution in [2.45, 2.75) is 25.9 Å². The van der Waals surface area contributed by atoms with Crippen molar-refractivity contribution in [3.05, 3.63) is 89.5 Å². The fraction of sp³-hybridized carbons (Fsp3) is 0.154. The van der Waals surface area contributed by atoms with Gasteiger partial charge in [-0.15, -0.1) is 11.3 Å². The Morgan fingerprint density at radius 1 is 0.939 bits per heavy atom. The molecule has 4 aromatic rings. The predicted octanol–water partition coefficient (Wildman–Crippen LogP) is 7.17. The van der Waals surface area contributed by atoms with E-state index in [1.165, 1.54) is 17.6 Å². The van der Waals surface area contributed by atoms with E-state index >= 15 is 0 Å². The van der Waals surface area contributed by atoms with Crippen LogP contribution >= 0.6 is 11.3 Å². The van der Waals surface area contributed by atoms with E-state index in [-0.39, 0.29) is 6.10 Å². The lowest BCUT2D eigenvalue weighted by atomic mass is 10.1. The summed E-state index contributed by atoms with van der Waals surface area (Å²) in [5, 5.41) is 12.0. The summed E-state index contributed by atoms with van der Waals surface area (Å²) in [5.41, 5.74) is 3.20. The lowest BCUT2D eigenvalue weighted by Gasteiger charge is -2.14. The quantitative estimate of drug-likeness (QED) is 0.304. The maximum Gasteiger partial charge on any atom is 0.412 e. The molecule has 0 saturated carbocycles. The zero-order chi connectivity index (χ0) is 23.4. The van der Waals surface area contributed by atoms with Crippen molar-refractivity contribution < 1.29 is 23.8 Å². The van der Waals surface area contributed by atoms with Gasteiger partial charge in [-0.2, -0.15) is 0 Å². The molecular formula is C26H23NO5S. The molecule has 0 spiro atoms. The topological polar surface area (TPSA) is 88.8 Å². The van der Waals surface area contributed by atoms with E-state index in [1.54, 1.807) is 13.0 Å². The second-order valence-corrected chi connectivity index (χ2v) is 8.70. The molecule has 1 unspecified atom stereocenters. The van der Waals surface area contributed by atoms with Gasteiger partial charge in [-0.25, -0.2) is 4.79 Å². The molecule has 0 saturated heterocycles. The van der Waals surface area contributed by atoms with Gasteiger partial charge in [0, 0.05) is 21.4 Å². The molecule has 0 aliphatic rings. The summed E-state index contributed by atoms with van der Waals surface area (Å²) in [4.78, 5) is 25.4. The van der Waals surface area contributed by atoms with Crippen molar-refractivity contribution in [3.8, 4) is 21.8 Å². The molecule has 1 amide bonds. The molecule has 2 aromatic heterocycles. The van der Waals surface area contributed by atoms with Gasteiger partial charge < -0.3 is 14.3 Å². The van der Waals surface area contributed by atoms with Gasteiger partial charge >= 0.3 is 12.1 Å². The minimum Gasteiger partial charge on any atom is -0.481 e. The largest absolute Gasteiger partial charge is 0.481 e. The highest BCUT2D eigenvalue weighted by Crippen LogP contribution is 2.35. The molecule has 2 N–H and O–H groups in total. The molecule has 168 valence electrons. The highest BCUT2D eigenvalue weighted by molar-refractivity contribution is 7.15. The molecule has 0 radical (unpaired) electrons. The van der Waals surface area contributed by atoms with Crippen LogP contribution in [-0.4, -0.2) is 17.2 Å². The Morgan fingerprint density at radius 3 is 2.33 bits per heavy atom. The Morgan fingerprint density at radius 2 is 1.64 bits per heavy atom. The van der Waals surface area contributed by atoms with Gasteiger partial charge in [-0.1, -0.05) is 54.6 Å². The zero-order valence-electron chi connectivity index (χ0n) is 18.1. The molecule has 0 aliphatic heterocycles. The van der Waals surface area contributed by atoms with Crippen LogP contribution in [0.4, 0.5) is 10.5 Å². The van der Waals surface area contributed by atoms with Crippen LogP contribution in [-0.2, 0) is 9.53 Å². The number of carboxylic acid groups (broad SMARTS) is 1. The minimum atomic E-state index is -0.840. The van der Waals surface area contributed by atoms with Crippen molar-refractivity contribution in [3.63, 3.8) is 0 Å². The third kappa shape index (κ3) is 5.15. The van der Waals surface area contributed by atoms with Crippen LogP contribution in [0.25, 0.3) is 21.8 Å². The number of ether oxygens (including phenoxy) is 1. The molecule has 0 bridgehead atoms. The maximum absolute atomic E-state index is 12.4. The standard InChI is InChI=1S/C26H23NO5S/c1-16(25(28)29)22-12-13-23(33-22)19-8-10-20(11-9-19)24-21(14-15-31-24)27-26(30)32-17(2)18-6-4-3-5-7-18/h3-17H,1-2H3,(H,27,30)(H,28,29)/t16?,17-/m1/s1. The Hall–Kier alpha value is -3.84. The first-order valence-electron chi connectivity index (χ1n) is 10.5. The number of benzene rings is 2. The average Bonchev–Trinajstić information content (AvgIpc) is 3.49. The molecule has 0 aliphatic carbocycles. The van der Waals surface area contributed by atoms with E-state index in [0.717, 1.165) is 26.4 Å². The highest BCUT2D eigenvalue weighted by atomic mass is 32.1. The average molecular weight is 462 g/mol. The van der Waals surface area contributed by atoms with E-state index < -0.39 is 18.0 Å². The Balaban J connectivity index is 1.45. The van der Waals surface area contributed by atoms with Crippen LogP contribution in [0.3, 0.4) is 0 Å². The predicted molar refractivity (Wildman–Crippen MR) is 128 cm³/mol. The van der Waals surface area contributed by atoms with Crippen molar-refractivity contribution >= 4 is 29.1 Å². The number of rotatable bonds is 7. The van der Waals surface area contributed by atoms with Crippen LogP contribution in [0, 0.1) is 0 Å². The van der Waals surface area contributed by atoms with Crippen LogP contribution < -0.4 is 5.32 Å². The number of aliphatic carboxylic acids is 1. The molecule has 33 heavy (non-hydrogen) atoms. The van der Waals surface area contributed by atoms with Gasteiger partial charge in [0.15, 0.2) is 5.76 Å². The molecule has 6 nitrogen and oxygen atoms in total. The number of carbonyl (C=O) groups excluding carboxylic acids is 1. The van der Waals surface area contributed by atoms with Gasteiger partial charge in [-0.3, -0.25) is 10.1 Å².